The standard InChI is InChI=1S/C20H36O2/c1-4-5-6-7-8-9-10-11-12-13-14-15-16-17-19(2)18-20(21)22-3/h8-9,11-12,19H,4-7,10,13-18H2,1-3H3/b9-8-,12-11-. The fourth-order valence-corrected chi connectivity index (χ4v) is 2.42. The molecule has 128 valence electrons. The lowest BCUT2D eigenvalue weighted by Gasteiger charge is -2.08. The van der Waals surface area contributed by atoms with Crippen LogP contribution in [0.15, 0.2) is 24.3 Å². The second kappa shape index (κ2) is 16.3. The average Bonchev–Trinajstić information content (AvgIpc) is 2.51. The molecule has 0 aliphatic rings. The zero-order chi connectivity index (χ0) is 16.5. The van der Waals surface area contributed by atoms with Crippen LogP contribution in [0.3, 0.4) is 0 Å². The summed E-state index contributed by atoms with van der Waals surface area (Å²) in [4.78, 5) is 11.1. The molecular formula is C20H36O2. The Kier molecular flexibility index (Phi) is 15.5. The van der Waals surface area contributed by atoms with Crippen LogP contribution in [-0.2, 0) is 9.53 Å². The zero-order valence-electron chi connectivity index (χ0n) is 15.0. The molecule has 0 heterocycles. The zero-order valence-corrected chi connectivity index (χ0v) is 15.0. The van der Waals surface area contributed by atoms with Gasteiger partial charge in [0, 0.05) is 6.42 Å². The maximum Gasteiger partial charge on any atom is 0.305 e. The fourth-order valence-electron chi connectivity index (χ4n) is 2.42. The number of esters is 1. The van der Waals surface area contributed by atoms with E-state index in [9.17, 15) is 4.79 Å². The first-order chi connectivity index (χ1) is 10.7. The van der Waals surface area contributed by atoms with Crippen molar-refractivity contribution in [3.63, 3.8) is 0 Å². The number of unbranched alkanes of at least 4 members (excludes halogenated alkanes) is 6. The number of methoxy groups -OCH3 is 1. The maximum atomic E-state index is 11.1. The summed E-state index contributed by atoms with van der Waals surface area (Å²) in [6.45, 7) is 4.37. The molecule has 1 atom stereocenters. The minimum absolute atomic E-state index is 0.0850. The molecule has 0 saturated heterocycles. The van der Waals surface area contributed by atoms with Crippen molar-refractivity contribution < 1.29 is 9.53 Å². The Hall–Kier alpha value is -1.05. The van der Waals surface area contributed by atoms with Crippen LogP contribution in [0.25, 0.3) is 0 Å². The molecule has 0 aliphatic heterocycles. The molecule has 0 aliphatic carbocycles. The van der Waals surface area contributed by atoms with Crippen LogP contribution in [0.4, 0.5) is 0 Å². The number of hydrogen-bond acceptors (Lipinski definition) is 2. The SMILES string of the molecule is CCCCC/C=C\C/C=C\CCCCCC(C)CC(=O)OC. The molecule has 0 aromatic heterocycles. The minimum atomic E-state index is -0.0850. The Morgan fingerprint density at radius 3 is 2.18 bits per heavy atom. The van der Waals surface area contributed by atoms with E-state index >= 15 is 0 Å². The average molecular weight is 309 g/mol. The first-order valence-corrected chi connectivity index (χ1v) is 9.07. The first kappa shape index (κ1) is 20.9. The summed E-state index contributed by atoms with van der Waals surface area (Å²) in [5, 5.41) is 0. The van der Waals surface area contributed by atoms with Gasteiger partial charge in [-0.1, -0.05) is 70.3 Å². The number of hydrogen-bond donors (Lipinski definition) is 0. The highest BCUT2D eigenvalue weighted by molar-refractivity contribution is 5.69. The second-order valence-electron chi connectivity index (χ2n) is 6.20. The van der Waals surface area contributed by atoms with Crippen molar-refractivity contribution in [2.24, 2.45) is 5.92 Å². The van der Waals surface area contributed by atoms with E-state index in [4.69, 9.17) is 0 Å². The Morgan fingerprint density at radius 2 is 1.59 bits per heavy atom. The lowest BCUT2D eigenvalue weighted by molar-refractivity contribution is -0.141. The van der Waals surface area contributed by atoms with Crippen LogP contribution in [0, 0.1) is 5.92 Å². The van der Waals surface area contributed by atoms with Crippen LogP contribution >= 0.6 is 0 Å². The van der Waals surface area contributed by atoms with Crippen molar-refractivity contribution >= 4 is 5.97 Å². The second-order valence-corrected chi connectivity index (χ2v) is 6.20. The molecule has 0 bridgehead atoms. The Balaban J connectivity index is 3.35. The van der Waals surface area contributed by atoms with Gasteiger partial charge in [-0.05, 0) is 38.0 Å². The van der Waals surface area contributed by atoms with Crippen LogP contribution < -0.4 is 0 Å². The summed E-state index contributed by atoms with van der Waals surface area (Å²) in [6.07, 6.45) is 22.0. The van der Waals surface area contributed by atoms with Gasteiger partial charge in [0.15, 0.2) is 0 Å². The van der Waals surface area contributed by atoms with E-state index in [2.05, 4.69) is 42.9 Å². The molecule has 1 unspecified atom stereocenters. The molecule has 2 nitrogen and oxygen atoms in total. The van der Waals surface area contributed by atoms with E-state index in [0.29, 0.717) is 12.3 Å². The molecular weight excluding hydrogens is 272 g/mol. The third-order valence-electron chi connectivity index (χ3n) is 3.89. The van der Waals surface area contributed by atoms with E-state index < -0.39 is 0 Å². The fraction of sp³-hybridized carbons (Fsp3) is 0.750. The molecule has 0 saturated carbocycles. The summed E-state index contributed by atoms with van der Waals surface area (Å²) in [5.74, 6) is 0.360. The van der Waals surface area contributed by atoms with Gasteiger partial charge in [0.2, 0.25) is 0 Å². The number of allylic oxidation sites excluding steroid dienone is 4. The monoisotopic (exact) mass is 308 g/mol. The van der Waals surface area contributed by atoms with Gasteiger partial charge >= 0.3 is 5.97 Å². The maximum absolute atomic E-state index is 11.1. The topological polar surface area (TPSA) is 26.3 Å². The summed E-state index contributed by atoms with van der Waals surface area (Å²) >= 11 is 0. The van der Waals surface area contributed by atoms with Crippen molar-refractivity contribution in [3.05, 3.63) is 24.3 Å². The largest absolute Gasteiger partial charge is 0.469 e. The number of ether oxygens (including phenoxy) is 1. The molecule has 0 rings (SSSR count). The molecule has 0 radical (unpaired) electrons. The molecule has 0 spiro atoms. The predicted octanol–water partition coefficient (Wildman–Crippen LogP) is 6.22. The molecule has 22 heavy (non-hydrogen) atoms. The third kappa shape index (κ3) is 15.3. The first-order valence-electron chi connectivity index (χ1n) is 9.07. The van der Waals surface area contributed by atoms with E-state index in [1.54, 1.807) is 0 Å². The summed E-state index contributed by atoms with van der Waals surface area (Å²) in [5.41, 5.74) is 0. The van der Waals surface area contributed by atoms with Gasteiger partial charge in [-0.25, -0.2) is 0 Å². The molecule has 0 aromatic rings. The van der Waals surface area contributed by atoms with Crippen LogP contribution in [0.1, 0.15) is 84.5 Å². The van der Waals surface area contributed by atoms with Crippen molar-refractivity contribution in [1.82, 2.24) is 0 Å². The quantitative estimate of drug-likeness (QED) is 0.216. The van der Waals surface area contributed by atoms with E-state index in [1.807, 2.05) is 0 Å². The van der Waals surface area contributed by atoms with Gasteiger partial charge < -0.3 is 4.74 Å². The normalized spacial score (nSPS) is 13.0. The Labute approximate surface area is 138 Å². The molecule has 0 fully saturated rings. The van der Waals surface area contributed by atoms with Crippen LogP contribution in [0.5, 0.6) is 0 Å². The van der Waals surface area contributed by atoms with Gasteiger partial charge in [0.1, 0.15) is 0 Å². The van der Waals surface area contributed by atoms with E-state index in [1.165, 1.54) is 58.5 Å². The van der Waals surface area contributed by atoms with Crippen molar-refractivity contribution in [3.8, 4) is 0 Å². The highest BCUT2D eigenvalue weighted by Crippen LogP contribution is 2.14. The van der Waals surface area contributed by atoms with Crippen molar-refractivity contribution in [1.29, 1.82) is 0 Å². The van der Waals surface area contributed by atoms with Gasteiger partial charge in [-0.2, -0.15) is 0 Å². The summed E-state index contributed by atoms with van der Waals surface area (Å²) < 4.78 is 4.69. The minimum Gasteiger partial charge on any atom is -0.469 e. The third-order valence-corrected chi connectivity index (χ3v) is 3.89. The Bertz CT molecular complexity index is 305. The number of carbonyl (C=O) groups excluding carboxylic acids is 1. The highest BCUT2D eigenvalue weighted by Gasteiger charge is 2.08. The lowest BCUT2D eigenvalue weighted by Crippen LogP contribution is -2.06. The van der Waals surface area contributed by atoms with Gasteiger partial charge in [0.05, 0.1) is 7.11 Å². The number of rotatable bonds is 14. The molecule has 2 heteroatoms. The smallest absolute Gasteiger partial charge is 0.305 e. The van der Waals surface area contributed by atoms with E-state index in [0.717, 1.165) is 12.8 Å². The predicted molar refractivity (Wildman–Crippen MR) is 95.9 cm³/mol. The highest BCUT2D eigenvalue weighted by atomic mass is 16.5. The summed E-state index contributed by atoms with van der Waals surface area (Å²) in [7, 11) is 1.46. The molecule has 0 amide bonds. The van der Waals surface area contributed by atoms with Gasteiger partial charge in [-0.3, -0.25) is 4.79 Å². The van der Waals surface area contributed by atoms with E-state index in [-0.39, 0.29) is 5.97 Å². The Morgan fingerprint density at radius 1 is 0.955 bits per heavy atom. The lowest BCUT2D eigenvalue weighted by atomic mass is 9.99. The number of carbonyl (C=O) groups is 1. The van der Waals surface area contributed by atoms with Gasteiger partial charge in [0.25, 0.3) is 0 Å². The molecule has 0 aromatic carbocycles. The van der Waals surface area contributed by atoms with Crippen molar-refractivity contribution in [2.75, 3.05) is 7.11 Å². The van der Waals surface area contributed by atoms with Crippen molar-refractivity contribution in [2.45, 2.75) is 84.5 Å². The van der Waals surface area contributed by atoms with Crippen LogP contribution in [-0.4, -0.2) is 13.1 Å². The molecule has 0 N–H and O–H groups in total. The van der Waals surface area contributed by atoms with Gasteiger partial charge in [-0.15, -0.1) is 0 Å². The van der Waals surface area contributed by atoms with Crippen LogP contribution in [0.2, 0.25) is 0 Å². The summed E-state index contributed by atoms with van der Waals surface area (Å²) in [6, 6.07) is 0.